The van der Waals surface area contributed by atoms with E-state index in [-0.39, 0.29) is 18.1 Å². The third-order valence-electron chi connectivity index (χ3n) is 5.38. The normalized spacial score (nSPS) is 11.1. The minimum Gasteiger partial charge on any atom is -0.493 e. The van der Waals surface area contributed by atoms with Gasteiger partial charge in [-0.2, -0.15) is 8.42 Å². The number of esters is 1. The molecule has 0 heterocycles. The van der Waals surface area contributed by atoms with Crippen LogP contribution >= 0.6 is 11.8 Å². The summed E-state index contributed by atoms with van der Waals surface area (Å²) in [5.41, 5.74) is 3.31. The van der Waals surface area contributed by atoms with Gasteiger partial charge in [-0.05, 0) is 60.0 Å². The van der Waals surface area contributed by atoms with Gasteiger partial charge in [0.25, 0.3) is 0 Å². The fraction of sp³-hybridized carbons (Fsp3) is 0.321. The first-order valence-electron chi connectivity index (χ1n) is 12.0. The number of benzene rings is 3. The van der Waals surface area contributed by atoms with Crippen molar-refractivity contribution in [2.24, 2.45) is 0 Å². The molecule has 3 aromatic carbocycles. The molecule has 0 saturated heterocycles. The fourth-order valence-corrected chi connectivity index (χ4v) is 4.96. The summed E-state index contributed by atoms with van der Waals surface area (Å²) >= 11 is 1.66. The second-order valence-electron chi connectivity index (χ2n) is 8.59. The van der Waals surface area contributed by atoms with Crippen LogP contribution in [0.3, 0.4) is 0 Å². The molecule has 0 aliphatic heterocycles. The zero-order valence-electron chi connectivity index (χ0n) is 21.6. The predicted octanol–water partition coefficient (Wildman–Crippen LogP) is 5.36. The van der Waals surface area contributed by atoms with Crippen LogP contribution in [0.15, 0.2) is 71.6 Å². The Kier molecular flexibility index (Phi) is 10.3. The number of hydrogen-bond acceptors (Lipinski definition) is 8. The Morgan fingerprint density at radius 3 is 2.22 bits per heavy atom. The van der Waals surface area contributed by atoms with Gasteiger partial charge in [0.05, 0.1) is 17.8 Å². The summed E-state index contributed by atoms with van der Waals surface area (Å²) in [5.74, 6) is 1.96. The lowest BCUT2D eigenvalue weighted by Gasteiger charge is -2.15. The van der Waals surface area contributed by atoms with E-state index in [4.69, 9.17) is 13.7 Å². The summed E-state index contributed by atoms with van der Waals surface area (Å²) in [4.78, 5) is 15.2. The highest BCUT2D eigenvalue weighted by molar-refractivity contribution is 7.99. The van der Waals surface area contributed by atoms with Crippen molar-refractivity contribution >= 4 is 33.5 Å². The Hall–Kier alpha value is -3.17. The Morgan fingerprint density at radius 2 is 1.59 bits per heavy atom. The van der Waals surface area contributed by atoms with Crippen LogP contribution in [0.1, 0.15) is 24.5 Å². The van der Waals surface area contributed by atoms with Crippen molar-refractivity contribution in [3.05, 3.63) is 77.9 Å². The number of carbonyl (C=O) groups excluding carboxylic acids is 1. The van der Waals surface area contributed by atoms with E-state index < -0.39 is 10.1 Å². The molecule has 3 rings (SSSR count). The van der Waals surface area contributed by atoms with Crippen molar-refractivity contribution in [1.29, 1.82) is 0 Å². The lowest BCUT2D eigenvalue weighted by Crippen LogP contribution is -2.10. The van der Waals surface area contributed by atoms with Crippen LogP contribution in [0.2, 0.25) is 0 Å². The standard InChI is InChI=1S/C28H33NO6S2/c1-5-27(30)34-28-22(17-19-33-24-13-15-25(16-14-24)35-37(4,31)32)7-6-8-26(28)36-20-18-21-9-11-23(12-10-21)29(2)3/h6-16H,5,17-20H2,1-4H3. The summed E-state index contributed by atoms with van der Waals surface area (Å²) in [7, 11) is 0.467. The van der Waals surface area contributed by atoms with Crippen LogP contribution in [0.4, 0.5) is 5.69 Å². The van der Waals surface area contributed by atoms with E-state index in [2.05, 4.69) is 29.2 Å². The maximum absolute atomic E-state index is 12.2. The van der Waals surface area contributed by atoms with E-state index in [1.165, 1.54) is 23.4 Å². The number of anilines is 1. The highest BCUT2D eigenvalue weighted by atomic mass is 32.2. The molecule has 0 amide bonds. The van der Waals surface area contributed by atoms with Crippen molar-refractivity contribution in [2.75, 3.05) is 37.6 Å². The lowest BCUT2D eigenvalue weighted by atomic mass is 10.1. The molecule has 198 valence electrons. The number of aryl methyl sites for hydroxylation is 1. The average Bonchev–Trinajstić information content (AvgIpc) is 2.86. The molecule has 0 bridgehead atoms. The van der Waals surface area contributed by atoms with Crippen LogP contribution in [-0.2, 0) is 27.8 Å². The van der Waals surface area contributed by atoms with Crippen molar-refractivity contribution in [3.63, 3.8) is 0 Å². The smallest absolute Gasteiger partial charge is 0.310 e. The second-order valence-corrected chi connectivity index (χ2v) is 11.3. The molecule has 0 aliphatic rings. The molecule has 0 atom stereocenters. The largest absolute Gasteiger partial charge is 0.493 e. The molecule has 0 fully saturated rings. The molecule has 0 N–H and O–H groups in total. The van der Waals surface area contributed by atoms with Gasteiger partial charge in [0.1, 0.15) is 17.2 Å². The minimum atomic E-state index is -3.58. The molecule has 0 unspecified atom stereocenters. The van der Waals surface area contributed by atoms with Gasteiger partial charge in [-0.15, -0.1) is 11.8 Å². The molecule has 37 heavy (non-hydrogen) atoms. The molecule has 0 saturated carbocycles. The van der Waals surface area contributed by atoms with E-state index in [1.807, 2.05) is 32.3 Å². The summed E-state index contributed by atoms with van der Waals surface area (Å²) in [6.45, 7) is 2.13. The maximum Gasteiger partial charge on any atom is 0.310 e. The maximum atomic E-state index is 12.2. The molecular weight excluding hydrogens is 510 g/mol. The summed E-state index contributed by atoms with van der Waals surface area (Å²) in [6, 6.07) is 20.8. The average molecular weight is 544 g/mol. The van der Waals surface area contributed by atoms with Crippen LogP contribution in [0.5, 0.6) is 17.2 Å². The number of hydrogen-bond donors (Lipinski definition) is 0. The van der Waals surface area contributed by atoms with Crippen LogP contribution in [0, 0.1) is 0 Å². The lowest BCUT2D eigenvalue weighted by molar-refractivity contribution is -0.134. The summed E-state index contributed by atoms with van der Waals surface area (Å²) in [6.07, 6.45) is 2.71. The molecule has 0 aromatic heterocycles. The molecule has 9 heteroatoms. The first-order chi connectivity index (χ1) is 17.6. The summed E-state index contributed by atoms with van der Waals surface area (Å²) < 4.78 is 38.9. The predicted molar refractivity (Wildman–Crippen MR) is 149 cm³/mol. The zero-order valence-corrected chi connectivity index (χ0v) is 23.2. The van der Waals surface area contributed by atoms with Crippen molar-refractivity contribution in [2.45, 2.75) is 31.1 Å². The van der Waals surface area contributed by atoms with Gasteiger partial charge in [-0.25, -0.2) is 0 Å². The highest BCUT2D eigenvalue weighted by Crippen LogP contribution is 2.34. The Morgan fingerprint density at radius 1 is 0.919 bits per heavy atom. The van der Waals surface area contributed by atoms with Crippen molar-refractivity contribution in [3.8, 4) is 17.2 Å². The van der Waals surface area contributed by atoms with E-state index >= 15 is 0 Å². The number of thioether (sulfide) groups is 1. The fourth-order valence-electron chi connectivity index (χ4n) is 3.46. The Bertz CT molecular complexity index is 1270. The third kappa shape index (κ3) is 9.33. The molecular formula is C28H33NO6S2. The minimum absolute atomic E-state index is 0.224. The van der Waals surface area contributed by atoms with Gasteiger partial charge < -0.3 is 18.6 Å². The number of rotatable bonds is 13. The van der Waals surface area contributed by atoms with E-state index in [1.54, 1.807) is 30.8 Å². The molecule has 7 nitrogen and oxygen atoms in total. The van der Waals surface area contributed by atoms with Gasteiger partial charge in [0, 0.05) is 38.4 Å². The van der Waals surface area contributed by atoms with Gasteiger partial charge in [0.2, 0.25) is 0 Å². The number of para-hydroxylation sites is 1. The van der Waals surface area contributed by atoms with Gasteiger partial charge in [-0.1, -0.05) is 31.2 Å². The van der Waals surface area contributed by atoms with Crippen molar-refractivity contribution < 1.29 is 26.9 Å². The molecule has 0 aliphatic carbocycles. The van der Waals surface area contributed by atoms with Crippen LogP contribution in [-0.4, -0.2) is 47.1 Å². The SMILES string of the molecule is CCC(=O)Oc1c(CCOc2ccc(OS(C)(=O)=O)cc2)cccc1SCCc1ccc(N(C)C)cc1. The monoisotopic (exact) mass is 543 g/mol. The topological polar surface area (TPSA) is 82.1 Å². The van der Waals surface area contributed by atoms with Gasteiger partial charge in [-0.3, -0.25) is 4.79 Å². The molecule has 0 spiro atoms. The van der Waals surface area contributed by atoms with Crippen LogP contribution in [0.25, 0.3) is 0 Å². The van der Waals surface area contributed by atoms with E-state index in [0.29, 0.717) is 24.5 Å². The van der Waals surface area contributed by atoms with Gasteiger partial charge >= 0.3 is 16.1 Å². The van der Waals surface area contributed by atoms with E-state index in [9.17, 15) is 13.2 Å². The number of ether oxygens (including phenoxy) is 2. The molecule has 3 aromatic rings. The highest BCUT2D eigenvalue weighted by Gasteiger charge is 2.14. The quantitative estimate of drug-likeness (QED) is 0.123. The Balaban J connectivity index is 1.63. The first kappa shape index (κ1) is 28.4. The zero-order chi connectivity index (χ0) is 26.8. The first-order valence-corrected chi connectivity index (χ1v) is 14.8. The van der Waals surface area contributed by atoms with Gasteiger partial charge in [0.15, 0.2) is 0 Å². The third-order valence-corrected chi connectivity index (χ3v) is 6.91. The number of carbonyl (C=O) groups is 1. The van der Waals surface area contributed by atoms with E-state index in [0.717, 1.165) is 28.9 Å². The summed E-state index contributed by atoms with van der Waals surface area (Å²) in [5, 5.41) is 0. The van der Waals surface area contributed by atoms with Crippen molar-refractivity contribution in [1.82, 2.24) is 0 Å². The molecule has 0 radical (unpaired) electrons. The number of nitrogens with zero attached hydrogens (tertiary/aromatic N) is 1. The van der Waals surface area contributed by atoms with Crippen LogP contribution < -0.4 is 18.6 Å². The second kappa shape index (κ2) is 13.4. The Labute approximate surface area is 223 Å².